The number of aliphatic carboxylic acids is 1. The van der Waals surface area contributed by atoms with Gasteiger partial charge >= 0.3 is 5.97 Å². The maximum Gasteiger partial charge on any atom is 0.331 e. The van der Waals surface area contributed by atoms with Crippen molar-refractivity contribution in [3.8, 4) is 0 Å². The molecule has 1 amide bonds. The van der Waals surface area contributed by atoms with E-state index in [1.807, 2.05) is 12.1 Å². The van der Waals surface area contributed by atoms with E-state index in [2.05, 4.69) is 4.98 Å². The molecule has 18 heavy (non-hydrogen) atoms. The zero-order chi connectivity index (χ0) is 13.7. The number of carboxylic acids is 1. The molecule has 0 aliphatic heterocycles. The van der Waals surface area contributed by atoms with Crippen molar-refractivity contribution in [3.05, 3.63) is 41.2 Å². The van der Waals surface area contributed by atoms with E-state index < -0.39 is 5.97 Å². The minimum atomic E-state index is -1.07. The molecule has 0 saturated heterocycles. The standard InChI is InChI=1S/C13H16N2O3/c1-9(10(2)13(17)18)12(16)15(3)8-11-4-6-14-7-5-11/h4-7H,8H2,1-3H3,(H,17,18). The van der Waals surface area contributed by atoms with Crippen LogP contribution >= 0.6 is 0 Å². The molecule has 96 valence electrons. The fourth-order valence-corrected chi connectivity index (χ4v) is 1.44. The van der Waals surface area contributed by atoms with Gasteiger partial charge in [-0.25, -0.2) is 4.79 Å². The molecule has 1 N–H and O–H groups in total. The Morgan fingerprint density at radius 1 is 1.22 bits per heavy atom. The monoisotopic (exact) mass is 248 g/mol. The second-order valence-electron chi connectivity index (χ2n) is 4.07. The number of likely N-dealkylation sites (N-methyl/N-ethyl adjacent to an activating group) is 1. The number of nitrogens with zero attached hydrogens (tertiary/aromatic N) is 2. The van der Waals surface area contributed by atoms with E-state index in [4.69, 9.17) is 5.11 Å². The predicted molar refractivity (Wildman–Crippen MR) is 66.7 cm³/mol. The first kappa shape index (κ1) is 13.9. The van der Waals surface area contributed by atoms with Crippen LogP contribution in [0.3, 0.4) is 0 Å². The number of aromatic nitrogens is 1. The number of amides is 1. The highest BCUT2D eigenvalue weighted by molar-refractivity contribution is 6.01. The van der Waals surface area contributed by atoms with E-state index in [-0.39, 0.29) is 17.1 Å². The molecule has 0 aliphatic carbocycles. The number of carbonyl (C=O) groups excluding carboxylic acids is 1. The number of rotatable bonds is 4. The highest BCUT2D eigenvalue weighted by atomic mass is 16.4. The highest BCUT2D eigenvalue weighted by Gasteiger charge is 2.16. The summed E-state index contributed by atoms with van der Waals surface area (Å²) < 4.78 is 0. The zero-order valence-corrected chi connectivity index (χ0v) is 10.7. The van der Waals surface area contributed by atoms with Crippen molar-refractivity contribution in [2.24, 2.45) is 0 Å². The fourth-order valence-electron chi connectivity index (χ4n) is 1.44. The van der Waals surface area contributed by atoms with Crippen LogP contribution in [0.25, 0.3) is 0 Å². The predicted octanol–water partition coefficient (Wildman–Crippen LogP) is 1.46. The molecule has 1 aromatic heterocycles. The van der Waals surface area contributed by atoms with Crippen molar-refractivity contribution >= 4 is 11.9 Å². The number of carbonyl (C=O) groups is 2. The Bertz CT molecular complexity index is 480. The molecule has 1 heterocycles. The van der Waals surface area contributed by atoms with Crippen LogP contribution < -0.4 is 0 Å². The van der Waals surface area contributed by atoms with Gasteiger partial charge in [0.25, 0.3) is 0 Å². The minimum Gasteiger partial charge on any atom is -0.478 e. The van der Waals surface area contributed by atoms with Crippen LogP contribution in [-0.4, -0.2) is 33.9 Å². The first-order valence-corrected chi connectivity index (χ1v) is 5.48. The number of carboxylic acid groups (broad SMARTS) is 1. The number of hydrogen-bond acceptors (Lipinski definition) is 3. The lowest BCUT2D eigenvalue weighted by Gasteiger charge is -2.18. The van der Waals surface area contributed by atoms with Crippen LogP contribution in [0.1, 0.15) is 19.4 Å². The largest absolute Gasteiger partial charge is 0.478 e. The van der Waals surface area contributed by atoms with E-state index in [9.17, 15) is 9.59 Å². The summed E-state index contributed by atoms with van der Waals surface area (Å²) in [7, 11) is 1.64. The van der Waals surface area contributed by atoms with E-state index in [1.165, 1.54) is 18.7 Å². The van der Waals surface area contributed by atoms with E-state index >= 15 is 0 Å². The minimum absolute atomic E-state index is 0.0709. The molecule has 0 radical (unpaired) electrons. The molecule has 1 aromatic rings. The summed E-state index contributed by atoms with van der Waals surface area (Å²) in [6.45, 7) is 3.37. The summed E-state index contributed by atoms with van der Waals surface area (Å²) in [5.41, 5.74) is 1.27. The van der Waals surface area contributed by atoms with Gasteiger partial charge in [-0.15, -0.1) is 0 Å². The van der Waals surface area contributed by atoms with E-state index in [0.29, 0.717) is 6.54 Å². The molecular formula is C13H16N2O3. The van der Waals surface area contributed by atoms with E-state index in [0.717, 1.165) is 5.56 Å². The lowest BCUT2D eigenvalue weighted by Crippen LogP contribution is -2.28. The maximum atomic E-state index is 12.0. The van der Waals surface area contributed by atoms with E-state index in [1.54, 1.807) is 19.4 Å². The third-order valence-corrected chi connectivity index (χ3v) is 2.72. The molecule has 0 spiro atoms. The molecular weight excluding hydrogens is 232 g/mol. The molecule has 0 bridgehead atoms. The second kappa shape index (κ2) is 5.95. The lowest BCUT2D eigenvalue weighted by molar-refractivity contribution is -0.133. The Balaban J connectivity index is 2.80. The second-order valence-corrected chi connectivity index (χ2v) is 4.07. The number of hydrogen-bond donors (Lipinski definition) is 1. The normalized spacial score (nSPS) is 11.7. The van der Waals surface area contributed by atoms with Crippen molar-refractivity contribution in [1.82, 2.24) is 9.88 Å². The van der Waals surface area contributed by atoms with Gasteiger partial charge in [-0.3, -0.25) is 9.78 Å². The van der Waals surface area contributed by atoms with Crippen molar-refractivity contribution in [2.75, 3.05) is 7.05 Å². The zero-order valence-electron chi connectivity index (χ0n) is 10.7. The average Bonchev–Trinajstić information content (AvgIpc) is 2.37. The van der Waals surface area contributed by atoms with Gasteiger partial charge in [-0.2, -0.15) is 0 Å². The Kier molecular flexibility index (Phi) is 4.59. The van der Waals surface area contributed by atoms with Gasteiger partial charge in [0, 0.05) is 37.1 Å². The first-order valence-electron chi connectivity index (χ1n) is 5.48. The smallest absolute Gasteiger partial charge is 0.331 e. The molecule has 0 aliphatic rings. The van der Waals surface area contributed by atoms with Gasteiger partial charge < -0.3 is 10.0 Å². The number of pyridine rings is 1. The average molecular weight is 248 g/mol. The van der Waals surface area contributed by atoms with Crippen LogP contribution in [0.4, 0.5) is 0 Å². The third kappa shape index (κ3) is 3.41. The summed E-state index contributed by atoms with van der Waals surface area (Å²) >= 11 is 0. The quantitative estimate of drug-likeness (QED) is 0.819. The third-order valence-electron chi connectivity index (χ3n) is 2.72. The Labute approximate surface area is 106 Å². The van der Waals surface area contributed by atoms with Crippen LogP contribution in [0.15, 0.2) is 35.7 Å². The van der Waals surface area contributed by atoms with Crippen molar-refractivity contribution in [2.45, 2.75) is 20.4 Å². The highest BCUT2D eigenvalue weighted by Crippen LogP contribution is 2.09. The molecule has 0 atom stereocenters. The van der Waals surface area contributed by atoms with Crippen LogP contribution in [0.2, 0.25) is 0 Å². The lowest BCUT2D eigenvalue weighted by atomic mass is 10.1. The Hall–Kier alpha value is -2.17. The molecule has 5 nitrogen and oxygen atoms in total. The van der Waals surface area contributed by atoms with Crippen LogP contribution in [0.5, 0.6) is 0 Å². The summed E-state index contributed by atoms with van der Waals surface area (Å²) in [5.74, 6) is -1.36. The Morgan fingerprint density at radius 2 is 1.78 bits per heavy atom. The van der Waals surface area contributed by atoms with Crippen molar-refractivity contribution in [3.63, 3.8) is 0 Å². The maximum absolute atomic E-state index is 12.0. The molecule has 0 saturated carbocycles. The first-order chi connectivity index (χ1) is 8.43. The van der Waals surface area contributed by atoms with Gasteiger partial charge in [0.15, 0.2) is 0 Å². The molecule has 5 heteroatoms. The summed E-state index contributed by atoms with van der Waals surface area (Å²) in [5, 5.41) is 8.84. The fraction of sp³-hybridized carbons (Fsp3) is 0.308. The van der Waals surface area contributed by atoms with Crippen LogP contribution in [0, 0.1) is 0 Å². The molecule has 0 aromatic carbocycles. The van der Waals surface area contributed by atoms with Gasteiger partial charge in [-0.05, 0) is 31.5 Å². The summed E-state index contributed by atoms with van der Waals surface area (Å²) in [4.78, 5) is 28.1. The molecule has 1 rings (SSSR count). The van der Waals surface area contributed by atoms with Gasteiger partial charge in [-0.1, -0.05) is 0 Å². The topological polar surface area (TPSA) is 70.5 Å². The van der Waals surface area contributed by atoms with Gasteiger partial charge in [0.05, 0.1) is 0 Å². The van der Waals surface area contributed by atoms with Gasteiger partial charge in [0.2, 0.25) is 5.91 Å². The summed E-state index contributed by atoms with van der Waals surface area (Å²) in [6, 6.07) is 3.62. The summed E-state index contributed by atoms with van der Waals surface area (Å²) in [6.07, 6.45) is 3.30. The van der Waals surface area contributed by atoms with Crippen molar-refractivity contribution in [1.29, 1.82) is 0 Å². The Morgan fingerprint density at radius 3 is 2.28 bits per heavy atom. The molecule has 0 unspecified atom stereocenters. The van der Waals surface area contributed by atoms with Gasteiger partial charge in [0.1, 0.15) is 0 Å². The van der Waals surface area contributed by atoms with Crippen molar-refractivity contribution < 1.29 is 14.7 Å². The SMILES string of the molecule is CC(C(=O)O)=C(C)C(=O)N(C)Cc1ccncc1. The van der Waals surface area contributed by atoms with Crippen LogP contribution in [-0.2, 0) is 16.1 Å². The molecule has 0 fully saturated rings.